The zero-order chi connectivity index (χ0) is 20.4. The molecule has 2 aromatic heterocycles. The smallest absolute Gasteiger partial charge is 0.162 e. The Labute approximate surface area is 167 Å². The fourth-order valence-electron chi connectivity index (χ4n) is 2.84. The largest absolute Gasteiger partial charge is 0.396 e. The molecule has 4 heteroatoms. The first-order valence-electron chi connectivity index (χ1n) is 9.76. The Hall–Kier alpha value is -2.98. The van der Waals surface area contributed by atoms with E-state index in [0.29, 0.717) is 0 Å². The van der Waals surface area contributed by atoms with Gasteiger partial charge in [-0.2, -0.15) is 5.10 Å². The Balaban J connectivity index is 0.00000136. The number of benzene rings is 1. The van der Waals surface area contributed by atoms with Crippen molar-refractivity contribution in [1.82, 2.24) is 14.6 Å². The van der Waals surface area contributed by atoms with Gasteiger partial charge >= 0.3 is 0 Å². The Bertz CT molecular complexity index is 950. The topological polar surface area (TPSA) is 50.4 Å². The van der Waals surface area contributed by atoms with E-state index in [-0.39, 0.29) is 6.61 Å². The maximum absolute atomic E-state index is 8.94. The maximum atomic E-state index is 8.94. The first-order valence-corrected chi connectivity index (χ1v) is 9.76. The van der Waals surface area contributed by atoms with Gasteiger partial charge in [-0.15, -0.1) is 0 Å². The molecule has 1 aromatic carbocycles. The molecule has 0 amide bonds. The molecular weight excluding hydrogens is 346 g/mol. The van der Waals surface area contributed by atoms with E-state index in [4.69, 9.17) is 5.11 Å². The number of fused-ring (bicyclic) bond motifs is 1. The van der Waals surface area contributed by atoms with Crippen LogP contribution in [0.3, 0.4) is 0 Å². The Morgan fingerprint density at radius 1 is 1.14 bits per heavy atom. The molecule has 146 valence electrons. The predicted molar refractivity (Wildman–Crippen MR) is 118 cm³/mol. The van der Waals surface area contributed by atoms with Crippen LogP contribution in [0.25, 0.3) is 22.3 Å². The zero-order valence-corrected chi connectivity index (χ0v) is 17.0. The molecule has 1 N–H and O–H groups in total. The van der Waals surface area contributed by atoms with Crippen molar-refractivity contribution in [3.63, 3.8) is 0 Å². The van der Waals surface area contributed by atoms with Crippen molar-refractivity contribution in [1.29, 1.82) is 0 Å². The fourth-order valence-corrected chi connectivity index (χ4v) is 2.84. The molecule has 0 unspecified atom stereocenters. The van der Waals surface area contributed by atoms with Gasteiger partial charge in [-0.1, -0.05) is 69.0 Å². The molecule has 0 aliphatic carbocycles. The van der Waals surface area contributed by atoms with E-state index in [2.05, 4.69) is 40.9 Å². The molecule has 0 bridgehead atoms. The fraction of sp³-hybridized carbons (Fsp3) is 0.250. The molecule has 3 rings (SSSR count). The summed E-state index contributed by atoms with van der Waals surface area (Å²) in [5.74, 6) is 0. The average Bonchev–Trinajstić information content (AvgIpc) is 3.18. The molecule has 0 aliphatic rings. The van der Waals surface area contributed by atoms with Crippen LogP contribution in [0.1, 0.15) is 38.3 Å². The van der Waals surface area contributed by atoms with Crippen LogP contribution in [0.5, 0.6) is 0 Å². The summed E-state index contributed by atoms with van der Waals surface area (Å²) in [4.78, 5) is 4.62. The molecule has 0 radical (unpaired) electrons. The second-order valence-electron chi connectivity index (χ2n) is 6.05. The van der Waals surface area contributed by atoms with Crippen LogP contribution in [-0.4, -0.2) is 26.3 Å². The van der Waals surface area contributed by atoms with Gasteiger partial charge in [0, 0.05) is 30.1 Å². The van der Waals surface area contributed by atoms with Crippen molar-refractivity contribution in [2.75, 3.05) is 6.61 Å². The Kier molecular flexibility index (Phi) is 8.37. The molecule has 28 heavy (non-hydrogen) atoms. The van der Waals surface area contributed by atoms with Crippen LogP contribution < -0.4 is 0 Å². The number of hydrogen-bond donors (Lipinski definition) is 1. The highest BCUT2D eigenvalue weighted by molar-refractivity contribution is 5.82. The second-order valence-corrected chi connectivity index (χ2v) is 6.05. The summed E-state index contributed by atoms with van der Waals surface area (Å²) in [6, 6.07) is 8.36. The normalized spacial score (nSPS) is 11.5. The third-order valence-electron chi connectivity index (χ3n) is 4.27. The van der Waals surface area contributed by atoms with Gasteiger partial charge in [0.2, 0.25) is 0 Å². The van der Waals surface area contributed by atoms with E-state index in [1.54, 1.807) is 4.52 Å². The van der Waals surface area contributed by atoms with E-state index >= 15 is 0 Å². The lowest BCUT2D eigenvalue weighted by molar-refractivity contribution is 0.288. The van der Waals surface area contributed by atoms with Gasteiger partial charge in [0.1, 0.15) is 0 Å². The van der Waals surface area contributed by atoms with Crippen LogP contribution in [-0.2, 0) is 6.42 Å². The van der Waals surface area contributed by atoms with Gasteiger partial charge in [0.25, 0.3) is 0 Å². The molecule has 2 heterocycles. The summed E-state index contributed by atoms with van der Waals surface area (Å²) in [6.45, 7) is 10.1. The van der Waals surface area contributed by atoms with Crippen LogP contribution in [0, 0.1) is 0 Å². The number of aryl methyl sites for hydroxylation is 1. The van der Waals surface area contributed by atoms with E-state index in [9.17, 15) is 0 Å². The minimum atomic E-state index is 0.221. The van der Waals surface area contributed by atoms with Gasteiger partial charge in [-0.3, -0.25) is 0 Å². The molecule has 0 saturated heterocycles. The first kappa shape index (κ1) is 21.3. The first-order chi connectivity index (χ1) is 13.8. The quantitative estimate of drug-likeness (QED) is 0.555. The van der Waals surface area contributed by atoms with Crippen molar-refractivity contribution < 1.29 is 5.11 Å². The number of rotatable bonds is 7. The van der Waals surface area contributed by atoms with Crippen LogP contribution in [0.15, 0.2) is 73.7 Å². The zero-order valence-electron chi connectivity index (χ0n) is 17.0. The number of allylic oxidation sites excluding steroid dienone is 5. The van der Waals surface area contributed by atoms with Gasteiger partial charge in [0.05, 0.1) is 6.20 Å². The lowest BCUT2D eigenvalue weighted by Crippen LogP contribution is -1.93. The van der Waals surface area contributed by atoms with Crippen molar-refractivity contribution in [3.8, 4) is 11.1 Å². The monoisotopic (exact) mass is 375 g/mol. The van der Waals surface area contributed by atoms with E-state index in [1.807, 2.05) is 63.7 Å². The molecular formula is C24H29N3O. The number of aliphatic hydroxyl groups is 1. The summed E-state index contributed by atoms with van der Waals surface area (Å²) in [7, 11) is 0. The maximum Gasteiger partial charge on any atom is 0.162 e. The number of hydrogen-bond acceptors (Lipinski definition) is 3. The summed E-state index contributed by atoms with van der Waals surface area (Å²) >= 11 is 0. The lowest BCUT2D eigenvalue weighted by atomic mass is 10.0. The van der Waals surface area contributed by atoms with Crippen molar-refractivity contribution in [3.05, 3.63) is 84.9 Å². The lowest BCUT2D eigenvalue weighted by Gasteiger charge is -2.05. The second kappa shape index (κ2) is 11.0. The number of aromatic nitrogens is 3. The average molecular weight is 376 g/mol. The van der Waals surface area contributed by atoms with Crippen molar-refractivity contribution in [2.45, 2.75) is 33.6 Å². The Morgan fingerprint density at radius 3 is 2.54 bits per heavy atom. The molecule has 0 saturated carbocycles. The third-order valence-corrected chi connectivity index (χ3v) is 4.27. The Morgan fingerprint density at radius 2 is 1.89 bits per heavy atom. The summed E-state index contributed by atoms with van der Waals surface area (Å²) in [6.07, 6.45) is 15.1. The van der Waals surface area contributed by atoms with Gasteiger partial charge in [-0.05, 0) is 36.5 Å². The van der Waals surface area contributed by atoms with Gasteiger partial charge in [-0.25, -0.2) is 9.50 Å². The molecule has 3 aromatic rings. The van der Waals surface area contributed by atoms with Crippen LogP contribution in [0.4, 0.5) is 0 Å². The standard InChI is InChI=1S/C22H23N3O.C2H6/c1-3-5-8-18(4-2)21-15-24-25-16-20(14-23-22(21)25)19-11-9-17(10-12-19)7-6-13-26;1-2/h3-5,8-12,14-16,26H,2,6-7,13H2,1H3;1-2H3/b5-3-,18-8+;. The predicted octanol–water partition coefficient (Wildman–Crippen LogP) is 5.49. The van der Waals surface area contributed by atoms with Gasteiger partial charge < -0.3 is 5.11 Å². The summed E-state index contributed by atoms with van der Waals surface area (Å²) in [5.41, 5.74) is 6.10. The molecule has 0 spiro atoms. The number of nitrogens with zero attached hydrogens (tertiary/aromatic N) is 3. The summed E-state index contributed by atoms with van der Waals surface area (Å²) < 4.78 is 1.80. The van der Waals surface area contributed by atoms with Gasteiger partial charge in [0.15, 0.2) is 5.65 Å². The molecule has 0 atom stereocenters. The number of aliphatic hydroxyl groups excluding tert-OH is 1. The van der Waals surface area contributed by atoms with Crippen molar-refractivity contribution >= 4 is 11.2 Å². The van der Waals surface area contributed by atoms with E-state index in [1.165, 1.54) is 5.56 Å². The highest BCUT2D eigenvalue weighted by Crippen LogP contribution is 2.24. The third kappa shape index (κ3) is 5.05. The molecule has 4 nitrogen and oxygen atoms in total. The van der Waals surface area contributed by atoms with Crippen LogP contribution in [0.2, 0.25) is 0 Å². The molecule has 0 fully saturated rings. The van der Waals surface area contributed by atoms with Crippen LogP contribution >= 0.6 is 0 Å². The van der Waals surface area contributed by atoms with E-state index in [0.717, 1.165) is 40.8 Å². The minimum absolute atomic E-state index is 0.221. The summed E-state index contributed by atoms with van der Waals surface area (Å²) in [5, 5.41) is 13.4. The van der Waals surface area contributed by atoms with E-state index < -0.39 is 0 Å². The minimum Gasteiger partial charge on any atom is -0.396 e. The van der Waals surface area contributed by atoms with Crippen molar-refractivity contribution in [2.24, 2.45) is 0 Å². The SMILES string of the molecule is C=C/C(=C\C=C/C)c1cnn2cc(-c3ccc(CCCO)cc3)cnc12.CC. The molecule has 0 aliphatic heterocycles. The highest BCUT2D eigenvalue weighted by atomic mass is 16.2. The highest BCUT2D eigenvalue weighted by Gasteiger charge is 2.09.